The third-order valence-corrected chi connectivity index (χ3v) is 2.62. The van der Waals surface area contributed by atoms with Crippen LogP contribution in [0.3, 0.4) is 0 Å². The molecule has 0 aromatic heterocycles. The standard InChI is InChI=1S/C12H14O5/c1-7-8(5-6-10(13)14)3-2-4-9(7)11(15)12(16)17/h2-4,11,15H,5-6H2,1H3,(H,13,14)(H,16,17). The third kappa shape index (κ3) is 3.29. The summed E-state index contributed by atoms with van der Waals surface area (Å²) < 4.78 is 0. The van der Waals surface area contributed by atoms with Crippen molar-refractivity contribution in [2.75, 3.05) is 0 Å². The maximum atomic E-state index is 10.7. The summed E-state index contributed by atoms with van der Waals surface area (Å²) in [7, 11) is 0. The average molecular weight is 238 g/mol. The summed E-state index contributed by atoms with van der Waals surface area (Å²) >= 11 is 0. The first-order valence-electron chi connectivity index (χ1n) is 5.14. The van der Waals surface area contributed by atoms with E-state index >= 15 is 0 Å². The highest BCUT2D eigenvalue weighted by molar-refractivity contribution is 5.74. The molecule has 1 aromatic carbocycles. The number of benzene rings is 1. The van der Waals surface area contributed by atoms with Crippen molar-refractivity contribution in [1.29, 1.82) is 0 Å². The summed E-state index contributed by atoms with van der Waals surface area (Å²) in [6.45, 7) is 1.68. The van der Waals surface area contributed by atoms with Gasteiger partial charge in [0.2, 0.25) is 0 Å². The van der Waals surface area contributed by atoms with Crippen molar-refractivity contribution in [3.05, 3.63) is 34.9 Å². The SMILES string of the molecule is Cc1c(CCC(=O)O)cccc1C(O)C(=O)O. The van der Waals surface area contributed by atoms with Crippen LogP contribution in [0.5, 0.6) is 0 Å². The summed E-state index contributed by atoms with van der Waals surface area (Å²) in [5.41, 5.74) is 1.68. The first-order valence-corrected chi connectivity index (χ1v) is 5.14. The predicted molar refractivity (Wildman–Crippen MR) is 59.7 cm³/mol. The second kappa shape index (κ2) is 5.45. The molecule has 1 atom stereocenters. The maximum absolute atomic E-state index is 10.7. The van der Waals surface area contributed by atoms with E-state index in [-0.39, 0.29) is 6.42 Å². The van der Waals surface area contributed by atoms with Crippen LogP contribution in [-0.2, 0) is 16.0 Å². The fraction of sp³-hybridized carbons (Fsp3) is 0.333. The average Bonchev–Trinajstić information content (AvgIpc) is 2.26. The summed E-state index contributed by atoms with van der Waals surface area (Å²) in [5, 5.41) is 26.8. The van der Waals surface area contributed by atoms with Crippen LogP contribution in [0.4, 0.5) is 0 Å². The number of rotatable bonds is 5. The number of aliphatic hydroxyl groups excluding tert-OH is 1. The summed E-state index contributed by atoms with van der Waals surface area (Å²) in [4.78, 5) is 21.2. The zero-order valence-corrected chi connectivity index (χ0v) is 9.38. The fourth-order valence-electron chi connectivity index (χ4n) is 1.65. The van der Waals surface area contributed by atoms with E-state index in [1.54, 1.807) is 19.1 Å². The molecule has 1 unspecified atom stereocenters. The molecule has 0 amide bonds. The van der Waals surface area contributed by atoms with Gasteiger partial charge in [-0.15, -0.1) is 0 Å². The molecule has 0 bridgehead atoms. The van der Waals surface area contributed by atoms with Gasteiger partial charge in [0.05, 0.1) is 0 Å². The number of carbonyl (C=O) groups is 2. The van der Waals surface area contributed by atoms with Crippen molar-refractivity contribution >= 4 is 11.9 Å². The minimum atomic E-state index is -1.57. The monoisotopic (exact) mass is 238 g/mol. The molecule has 0 fully saturated rings. The number of hydrogen-bond donors (Lipinski definition) is 3. The molecule has 5 heteroatoms. The Balaban J connectivity index is 2.98. The second-order valence-electron chi connectivity index (χ2n) is 3.77. The molecular formula is C12H14O5. The van der Waals surface area contributed by atoms with E-state index in [1.165, 1.54) is 6.07 Å². The van der Waals surface area contributed by atoms with Crippen molar-refractivity contribution in [2.24, 2.45) is 0 Å². The fourth-order valence-corrected chi connectivity index (χ4v) is 1.65. The van der Waals surface area contributed by atoms with E-state index in [0.717, 1.165) is 5.56 Å². The Bertz CT molecular complexity index is 439. The van der Waals surface area contributed by atoms with Crippen molar-refractivity contribution < 1.29 is 24.9 Å². The highest BCUT2D eigenvalue weighted by atomic mass is 16.4. The molecule has 17 heavy (non-hydrogen) atoms. The van der Waals surface area contributed by atoms with Crippen molar-refractivity contribution in [3.63, 3.8) is 0 Å². The Morgan fingerprint density at radius 2 is 1.94 bits per heavy atom. The van der Waals surface area contributed by atoms with Crippen LogP contribution in [0.25, 0.3) is 0 Å². The normalized spacial score (nSPS) is 12.1. The maximum Gasteiger partial charge on any atom is 0.337 e. The minimum Gasteiger partial charge on any atom is -0.481 e. The van der Waals surface area contributed by atoms with E-state index in [2.05, 4.69) is 0 Å². The molecular weight excluding hydrogens is 224 g/mol. The summed E-state index contributed by atoms with van der Waals surface area (Å²) in [6, 6.07) is 4.88. The lowest BCUT2D eigenvalue weighted by molar-refractivity contribution is -0.147. The molecule has 0 saturated heterocycles. The molecule has 3 N–H and O–H groups in total. The number of aliphatic carboxylic acids is 2. The van der Waals surface area contributed by atoms with Crippen LogP contribution in [0.1, 0.15) is 29.2 Å². The van der Waals surface area contributed by atoms with Gasteiger partial charge < -0.3 is 15.3 Å². The lowest BCUT2D eigenvalue weighted by atomic mass is 9.96. The quantitative estimate of drug-likeness (QED) is 0.714. The van der Waals surface area contributed by atoms with Gasteiger partial charge in [-0.05, 0) is 30.0 Å². The molecule has 0 aliphatic rings. The second-order valence-corrected chi connectivity index (χ2v) is 3.77. The van der Waals surface area contributed by atoms with Crippen LogP contribution >= 0.6 is 0 Å². The van der Waals surface area contributed by atoms with Gasteiger partial charge in [-0.1, -0.05) is 18.2 Å². The van der Waals surface area contributed by atoms with Crippen LogP contribution in [0.2, 0.25) is 0 Å². The van der Waals surface area contributed by atoms with Gasteiger partial charge in [0.25, 0.3) is 0 Å². The Kier molecular flexibility index (Phi) is 4.23. The molecule has 0 spiro atoms. The molecule has 0 radical (unpaired) electrons. The Morgan fingerprint density at radius 3 is 2.47 bits per heavy atom. The third-order valence-electron chi connectivity index (χ3n) is 2.62. The zero-order chi connectivity index (χ0) is 13.0. The van der Waals surface area contributed by atoms with Gasteiger partial charge in [0, 0.05) is 6.42 Å². The molecule has 92 valence electrons. The largest absolute Gasteiger partial charge is 0.481 e. The first-order chi connectivity index (χ1) is 7.93. The van der Waals surface area contributed by atoms with Gasteiger partial charge in [0.15, 0.2) is 6.10 Å². The highest BCUT2D eigenvalue weighted by Crippen LogP contribution is 2.22. The topological polar surface area (TPSA) is 94.8 Å². The molecule has 0 saturated carbocycles. The van der Waals surface area contributed by atoms with Gasteiger partial charge in [-0.25, -0.2) is 4.79 Å². The van der Waals surface area contributed by atoms with E-state index in [4.69, 9.17) is 10.2 Å². The number of hydrogen-bond acceptors (Lipinski definition) is 3. The molecule has 0 heterocycles. The highest BCUT2D eigenvalue weighted by Gasteiger charge is 2.19. The molecule has 5 nitrogen and oxygen atoms in total. The summed E-state index contributed by atoms with van der Waals surface area (Å²) in [6.07, 6.45) is -1.27. The van der Waals surface area contributed by atoms with Crippen molar-refractivity contribution in [3.8, 4) is 0 Å². The van der Waals surface area contributed by atoms with Crippen LogP contribution < -0.4 is 0 Å². The van der Waals surface area contributed by atoms with Gasteiger partial charge in [0.1, 0.15) is 0 Å². The number of aliphatic hydroxyl groups is 1. The van der Waals surface area contributed by atoms with Crippen molar-refractivity contribution in [2.45, 2.75) is 25.9 Å². The molecule has 1 rings (SSSR count). The number of aryl methyl sites for hydroxylation is 1. The first kappa shape index (κ1) is 13.2. The molecule has 1 aromatic rings. The van der Waals surface area contributed by atoms with E-state index in [9.17, 15) is 14.7 Å². The predicted octanol–water partition coefficient (Wildman–Crippen LogP) is 1.13. The van der Waals surface area contributed by atoms with Crippen molar-refractivity contribution in [1.82, 2.24) is 0 Å². The van der Waals surface area contributed by atoms with Crippen LogP contribution in [0, 0.1) is 6.92 Å². The van der Waals surface area contributed by atoms with Crippen LogP contribution in [-0.4, -0.2) is 27.3 Å². The van der Waals surface area contributed by atoms with E-state index in [0.29, 0.717) is 17.5 Å². The zero-order valence-electron chi connectivity index (χ0n) is 9.38. The van der Waals surface area contributed by atoms with E-state index in [1.807, 2.05) is 0 Å². The Hall–Kier alpha value is -1.88. The van der Waals surface area contributed by atoms with Gasteiger partial charge in [-0.2, -0.15) is 0 Å². The summed E-state index contributed by atoms with van der Waals surface area (Å²) in [5.74, 6) is -2.22. The number of carboxylic acid groups (broad SMARTS) is 2. The Morgan fingerprint density at radius 1 is 1.29 bits per heavy atom. The molecule has 0 aliphatic heterocycles. The van der Waals surface area contributed by atoms with Gasteiger partial charge in [-0.3, -0.25) is 4.79 Å². The number of carboxylic acids is 2. The van der Waals surface area contributed by atoms with Gasteiger partial charge >= 0.3 is 11.9 Å². The van der Waals surface area contributed by atoms with E-state index < -0.39 is 18.0 Å². The Labute approximate surface area is 98.3 Å². The smallest absolute Gasteiger partial charge is 0.337 e. The van der Waals surface area contributed by atoms with Crippen LogP contribution in [0.15, 0.2) is 18.2 Å². The lowest BCUT2D eigenvalue weighted by Crippen LogP contribution is -2.13. The minimum absolute atomic E-state index is 0.0204. The lowest BCUT2D eigenvalue weighted by Gasteiger charge is -2.13. The molecule has 0 aliphatic carbocycles.